The minimum absolute atomic E-state index is 0.0947. The summed E-state index contributed by atoms with van der Waals surface area (Å²) in [5, 5.41) is 3.08. The molecule has 118 valence electrons. The van der Waals surface area contributed by atoms with Gasteiger partial charge in [-0.3, -0.25) is 4.79 Å². The summed E-state index contributed by atoms with van der Waals surface area (Å²) in [6.45, 7) is 9.75. The lowest BCUT2D eigenvalue weighted by Gasteiger charge is -2.19. The van der Waals surface area contributed by atoms with E-state index in [4.69, 9.17) is 0 Å². The van der Waals surface area contributed by atoms with Crippen molar-refractivity contribution < 1.29 is 4.79 Å². The Morgan fingerprint density at radius 1 is 1.24 bits per heavy atom. The fourth-order valence-electron chi connectivity index (χ4n) is 2.36. The molecular weight excluding hydrogens is 280 g/mol. The van der Waals surface area contributed by atoms with Gasteiger partial charge in [0.2, 0.25) is 5.91 Å². The molecule has 0 fully saturated rings. The average Bonchev–Trinajstić information content (AvgIpc) is 2.46. The van der Waals surface area contributed by atoms with Crippen molar-refractivity contribution in [2.24, 2.45) is 0 Å². The van der Waals surface area contributed by atoms with Gasteiger partial charge in [-0.15, -0.1) is 12.6 Å². The predicted molar refractivity (Wildman–Crippen MR) is 92.0 cm³/mol. The number of hydrogen-bond acceptors (Lipinski definition) is 3. The number of carbonyl (C=O) groups is 1. The Hall–Kier alpha value is -1.00. The number of rotatable bonds is 9. The van der Waals surface area contributed by atoms with Crippen LogP contribution in [-0.2, 0) is 11.2 Å². The monoisotopic (exact) mass is 308 g/mol. The number of carbonyl (C=O) groups excluding carboxylic acids is 1. The second-order valence-electron chi connectivity index (χ2n) is 5.48. The first-order valence-electron chi connectivity index (χ1n) is 7.84. The SMILES string of the molecule is CCN(CC)CCCC(C)NC(=O)Cc1ccc(S)cc1. The van der Waals surface area contributed by atoms with Gasteiger partial charge in [0.1, 0.15) is 0 Å². The van der Waals surface area contributed by atoms with Gasteiger partial charge >= 0.3 is 0 Å². The zero-order chi connectivity index (χ0) is 15.7. The van der Waals surface area contributed by atoms with Crippen LogP contribution in [0.15, 0.2) is 29.2 Å². The maximum absolute atomic E-state index is 12.0. The van der Waals surface area contributed by atoms with Crippen LogP contribution >= 0.6 is 12.6 Å². The molecule has 0 saturated carbocycles. The number of nitrogens with zero attached hydrogens (tertiary/aromatic N) is 1. The van der Waals surface area contributed by atoms with Gasteiger partial charge in [0, 0.05) is 10.9 Å². The summed E-state index contributed by atoms with van der Waals surface area (Å²) in [5.41, 5.74) is 1.03. The summed E-state index contributed by atoms with van der Waals surface area (Å²) >= 11 is 4.24. The summed E-state index contributed by atoms with van der Waals surface area (Å²) in [6.07, 6.45) is 2.59. The average molecular weight is 308 g/mol. The van der Waals surface area contributed by atoms with E-state index in [1.165, 1.54) is 0 Å². The highest BCUT2D eigenvalue weighted by Gasteiger charge is 2.09. The molecule has 0 aliphatic rings. The van der Waals surface area contributed by atoms with E-state index in [1.807, 2.05) is 24.3 Å². The first-order chi connectivity index (χ1) is 10.0. The molecule has 0 radical (unpaired) electrons. The van der Waals surface area contributed by atoms with Crippen molar-refractivity contribution in [1.29, 1.82) is 0 Å². The van der Waals surface area contributed by atoms with E-state index >= 15 is 0 Å². The molecule has 3 nitrogen and oxygen atoms in total. The molecule has 0 aliphatic heterocycles. The van der Waals surface area contributed by atoms with Gasteiger partial charge in [0.15, 0.2) is 0 Å². The van der Waals surface area contributed by atoms with E-state index in [9.17, 15) is 4.79 Å². The molecule has 0 spiro atoms. The number of nitrogens with one attached hydrogen (secondary N) is 1. The first-order valence-corrected chi connectivity index (χ1v) is 8.29. The van der Waals surface area contributed by atoms with Crippen LogP contribution in [0.5, 0.6) is 0 Å². The minimum Gasteiger partial charge on any atom is -0.353 e. The van der Waals surface area contributed by atoms with Crippen molar-refractivity contribution in [3.8, 4) is 0 Å². The van der Waals surface area contributed by atoms with Gasteiger partial charge in [-0.05, 0) is 57.1 Å². The third-order valence-corrected chi connectivity index (χ3v) is 4.01. The lowest BCUT2D eigenvalue weighted by molar-refractivity contribution is -0.121. The Balaban J connectivity index is 2.25. The van der Waals surface area contributed by atoms with Crippen LogP contribution in [0.2, 0.25) is 0 Å². The van der Waals surface area contributed by atoms with Crippen LogP contribution in [0.25, 0.3) is 0 Å². The predicted octanol–water partition coefficient (Wildman–Crippen LogP) is 3.14. The van der Waals surface area contributed by atoms with Crippen molar-refractivity contribution in [3.63, 3.8) is 0 Å². The summed E-state index contributed by atoms with van der Waals surface area (Å²) in [4.78, 5) is 15.3. The van der Waals surface area contributed by atoms with Gasteiger partial charge in [-0.2, -0.15) is 0 Å². The normalized spacial score (nSPS) is 12.4. The Labute approximate surface area is 134 Å². The molecule has 1 aromatic carbocycles. The fraction of sp³-hybridized carbons (Fsp3) is 0.588. The van der Waals surface area contributed by atoms with Gasteiger partial charge < -0.3 is 10.2 Å². The van der Waals surface area contributed by atoms with Crippen molar-refractivity contribution in [1.82, 2.24) is 10.2 Å². The zero-order valence-electron chi connectivity index (χ0n) is 13.4. The summed E-state index contributed by atoms with van der Waals surface area (Å²) < 4.78 is 0. The zero-order valence-corrected chi connectivity index (χ0v) is 14.3. The lowest BCUT2D eigenvalue weighted by Crippen LogP contribution is -2.34. The molecule has 0 saturated heterocycles. The molecule has 21 heavy (non-hydrogen) atoms. The second-order valence-corrected chi connectivity index (χ2v) is 6.00. The van der Waals surface area contributed by atoms with E-state index in [2.05, 4.69) is 43.6 Å². The summed E-state index contributed by atoms with van der Waals surface area (Å²) in [5.74, 6) is 0.0947. The van der Waals surface area contributed by atoms with E-state index in [1.54, 1.807) is 0 Å². The van der Waals surface area contributed by atoms with Crippen LogP contribution in [0.4, 0.5) is 0 Å². The molecule has 0 aliphatic carbocycles. The van der Waals surface area contributed by atoms with E-state index in [-0.39, 0.29) is 11.9 Å². The number of benzene rings is 1. The van der Waals surface area contributed by atoms with E-state index in [0.717, 1.165) is 42.9 Å². The first kappa shape index (κ1) is 18.1. The standard InChI is InChI=1S/C17H28N2OS/c1-4-19(5-2)12-6-7-14(3)18-17(20)13-15-8-10-16(21)11-9-15/h8-11,14,21H,4-7,12-13H2,1-3H3,(H,18,20). The highest BCUT2D eigenvalue weighted by Crippen LogP contribution is 2.08. The van der Waals surface area contributed by atoms with Gasteiger partial charge in [-0.1, -0.05) is 26.0 Å². The maximum atomic E-state index is 12.0. The van der Waals surface area contributed by atoms with Crippen LogP contribution in [0, 0.1) is 0 Å². The van der Waals surface area contributed by atoms with Crippen LogP contribution in [0.3, 0.4) is 0 Å². The van der Waals surface area contributed by atoms with Crippen LogP contribution in [-0.4, -0.2) is 36.5 Å². The third kappa shape index (κ3) is 7.53. The Kier molecular flexibility index (Phi) is 8.47. The summed E-state index contributed by atoms with van der Waals surface area (Å²) in [7, 11) is 0. The quantitative estimate of drug-likeness (QED) is 0.687. The Morgan fingerprint density at radius 3 is 2.43 bits per heavy atom. The van der Waals surface area contributed by atoms with Gasteiger partial charge in [0.05, 0.1) is 6.42 Å². The van der Waals surface area contributed by atoms with Crippen molar-refractivity contribution in [3.05, 3.63) is 29.8 Å². The Bertz CT molecular complexity index is 415. The van der Waals surface area contributed by atoms with Crippen molar-refractivity contribution in [2.45, 2.75) is 51.0 Å². The second kappa shape index (κ2) is 9.85. The van der Waals surface area contributed by atoms with Crippen LogP contribution < -0.4 is 5.32 Å². The third-order valence-electron chi connectivity index (χ3n) is 3.71. The molecule has 0 aromatic heterocycles. The highest BCUT2D eigenvalue weighted by molar-refractivity contribution is 7.80. The Morgan fingerprint density at radius 2 is 1.86 bits per heavy atom. The van der Waals surface area contributed by atoms with Gasteiger partial charge in [-0.25, -0.2) is 0 Å². The molecule has 1 amide bonds. The molecular formula is C17H28N2OS. The van der Waals surface area contributed by atoms with Crippen molar-refractivity contribution in [2.75, 3.05) is 19.6 Å². The maximum Gasteiger partial charge on any atom is 0.224 e. The lowest BCUT2D eigenvalue weighted by atomic mass is 10.1. The van der Waals surface area contributed by atoms with Crippen LogP contribution in [0.1, 0.15) is 39.2 Å². The van der Waals surface area contributed by atoms with Gasteiger partial charge in [0.25, 0.3) is 0 Å². The largest absolute Gasteiger partial charge is 0.353 e. The van der Waals surface area contributed by atoms with E-state index < -0.39 is 0 Å². The highest BCUT2D eigenvalue weighted by atomic mass is 32.1. The van der Waals surface area contributed by atoms with Crippen molar-refractivity contribution >= 4 is 18.5 Å². The number of amides is 1. The molecule has 4 heteroatoms. The molecule has 1 N–H and O–H groups in total. The smallest absolute Gasteiger partial charge is 0.224 e. The molecule has 1 rings (SSSR count). The molecule has 1 unspecified atom stereocenters. The fourth-order valence-corrected chi connectivity index (χ4v) is 2.51. The molecule has 0 bridgehead atoms. The number of thiol groups is 1. The molecule has 1 atom stereocenters. The topological polar surface area (TPSA) is 32.3 Å². The number of hydrogen-bond donors (Lipinski definition) is 2. The summed E-state index contributed by atoms with van der Waals surface area (Å²) in [6, 6.07) is 7.97. The van der Waals surface area contributed by atoms with E-state index in [0.29, 0.717) is 6.42 Å². The molecule has 0 heterocycles. The minimum atomic E-state index is 0.0947. The molecule has 1 aromatic rings.